The Morgan fingerprint density at radius 1 is 1.42 bits per heavy atom. The summed E-state index contributed by atoms with van der Waals surface area (Å²) in [5.74, 6) is -0.598. The lowest BCUT2D eigenvalue weighted by Gasteiger charge is -2.04. The number of carboxylic acids is 1. The topological polar surface area (TPSA) is 76.7 Å². The maximum Gasteiger partial charge on any atom is 0.328 e. The maximum atomic E-state index is 11.0. The first-order valence-corrected chi connectivity index (χ1v) is 5.59. The molecule has 5 heteroatoms. The third-order valence-electron chi connectivity index (χ3n) is 2.64. The summed E-state index contributed by atoms with van der Waals surface area (Å²) in [7, 11) is 0. The lowest BCUT2D eigenvalue weighted by atomic mass is 10.1. The number of hydrogen-bond acceptors (Lipinski definition) is 4. The van der Waals surface area contributed by atoms with Crippen LogP contribution in [0.3, 0.4) is 0 Å². The predicted molar refractivity (Wildman–Crippen MR) is 68.0 cm³/mol. The van der Waals surface area contributed by atoms with E-state index >= 15 is 0 Å². The fourth-order valence-corrected chi connectivity index (χ4v) is 1.89. The summed E-state index contributed by atoms with van der Waals surface area (Å²) in [5, 5.41) is 8.64. The standard InChI is InChI=1S/C14H12O5/c1-8-12(19-9(2)15)7-10-5-6-18-11(14(8)10)3-4-13(16)17/h3-7H,1-2H3,(H,16,17). The largest absolute Gasteiger partial charge is 0.478 e. The lowest BCUT2D eigenvalue weighted by Crippen LogP contribution is -2.01. The molecule has 1 aliphatic carbocycles. The van der Waals surface area contributed by atoms with E-state index in [-0.39, 0.29) is 0 Å². The van der Waals surface area contributed by atoms with Gasteiger partial charge in [0, 0.05) is 24.1 Å². The van der Waals surface area contributed by atoms with Crippen molar-refractivity contribution in [1.29, 1.82) is 0 Å². The van der Waals surface area contributed by atoms with Gasteiger partial charge in [-0.3, -0.25) is 4.79 Å². The van der Waals surface area contributed by atoms with Crippen molar-refractivity contribution >= 4 is 18.0 Å². The van der Waals surface area contributed by atoms with Crippen LogP contribution in [0.15, 0.2) is 28.9 Å². The monoisotopic (exact) mass is 260 g/mol. The number of aliphatic carboxylic acids is 1. The molecule has 1 heterocycles. The molecule has 1 N–H and O–H groups in total. The number of ether oxygens (including phenoxy) is 1. The van der Waals surface area contributed by atoms with Gasteiger partial charge in [0.2, 0.25) is 0 Å². The summed E-state index contributed by atoms with van der Waals surface area (Å²) in [5.41, 5.74) is 2.29. The Labute approximate surface area is 109 Å². The molecule has 0 radical (unpaired) electrons. The van der Waals surface area contributed by atoms with Gasteiger partial charge in [-0.25, -0.2) is 4.79 Å². The van der Waals surface area contributed by atoms with Crippen molar-refractivity contribution < 1.29 is 23.8 Å². The van der Waals surface area contributed by atoms with Crippen LogP contribution in [0.5, 0.6) is 5.75 Å². The van der Waals surface area contributed by atoms with Crippen molar-refractivity contribution in [3.05, 3.63) is 35.8 Å². The molecule has 0 aromatic carbocycles. The fraction of sp³-hybridized carbons (Fsp3) is 0.143. The third-order valence-corrected chi connectivity index (χ3v) is 2.64. The molecular weight excluding hydrogens is 248 g/mol. The number of hydrogen-bond donors (Lipinski definition) is 1. The number of fused-ring (bicyclic) bond motifs is 1. The maximum absolute atomic E-state index is 11.0. The van der Waals surface area contributed by atoms with E-state index < -0.39 is 11.9 Å². The molecule has 0 spiro atoms. The van der Waals surface area contributed by atoms with Gasteiger partial charge in [-0.2, -0.15) is 0 Å². The van der Waals surface area contributed by atoms with E-state index in [4.69, 9.17) is 14.3 Å². The zero-order valence-corrected chi connectivity index (χ0v) is 10.5. The molecule has 0 atom stereocenters. The van der Waals surface area contributed by atoms with E-state index in [1.165, 1.54) is 19.3 Å². The van der Waals surface area contributed by atoms with Crippen LogP contribution in [-0.4, -0.2) is 17.0 Å². The van der Waals surface area contributed by atoms with Crippen LogP contribution in [0, 0.1) is 6.92 Å². The minimum atomic E-state index is -1.06. The molecule has 0 saturated heterocycles. The highest BCUT2D eigenvalue weighted by molar-refractivity contribution is 5.89. The van der Waals surface area contributed by atoms with Crippen LogP contribution in [-0.2, 0) is 9.59 Å². The molecule has 0 unspecified atom stereocenters. The van der Waals surface area contributed by atoms with Crippen molar-refractivity contribution in [2.24, 2.45) is 0 Å². The minimum Gasteiger partial charge on any atom is -0.478 e. The van der Waals surface area contributed by atoms with Gasteiger partial charge in [0.15, 0.2) is 0 Å². The molecule has 0 amide bonds. The number of carboxylic acid groups (broad SMARTS) is 1. The van der Waals surface area contributed by atoms with Crippen LogP contribution in [0.4, 0.5) is 0 Å². The van der Waals surface area contributed by atoms with Gasteiger partial charge in [-0.05, 0) is 30.7 Å². The lowest BCUT2D eigenvalue weighted by molar-refractivity contribution is -0.132. The van der Waals surface area contributed by atoms with Crippen molar-refractivity contribution in [2.45, 2.75) is 13.8 Å². The molecule has 2 rings (SSSR count). The van der Waals surface area contributed by atoms with E-state index in [0.29, 0.717) is 11.5 Å². The van der Waals surface area contributed by atoms with E-state index in [9.17, 15) is 9.59 Å². The number of carbonyl (C=O) groups excluding carboxylic acids is 1. The van der Waals surface area contributed by atoms with Gasteiger partial charge in [-0.1, -0.05) is 0 Å². The zero-order valence-electron chi connectivity index (χ0n) is 10.5. The van der Waals surface area contributed by atoms with Crippen molar-refractivity contribution in [3.63, 3.8) is 0 Å². The van der Waals surface area contributed by atoms with Crippen LogP contribution < -0.4 is 4.74 Å². The smallest absolute Gasteiger partial charge is 0.328 e. The molecule has 0 saturated carbocycles. The Hall–Kier alpha value is -2.56. The van der Waals surface area contributed by atoms with Crippen LogP contribution in [0.2, 0.25) is 0 Å². The zero-order chi connectivity index (χ0) is 14.0. The second-order valence-electron chi connectivity index (χ2n) is 4.01. The number of carbonyl (C=O) groups is 2. The SMILES string of the molecule is CC(=O)Oc1cc2ccoc(C=CC(=O)O)c-2c1C. The minimum absolute atomic E-state index is 0.405. The van der Waals surface area contributed by atoms with Crippen molar-refractivity contribution in [1.82, 2.24) is 0 Å². The highest BCUT2D eigenvalue weighted by Gasteiger charge is 2.19. The summed E-state index contributed by atoms with van der Waals surface area (Å²) in [6.45, 7) is 3.11. The van der Waals surface area contributed by atoms with Gasteiger partial charge < -0.3 is 14.3 Å². The van der Waals surface area contributed by atoms with Gasteiger partial charge in [0.05, 0.1) is 6.26 Å². The molecule has 0 bridgehead atoms. The molecule has 0 aromatic rings. The van der Waals surface area contributed by atoms with E-state index in [0.717, 1.165) is 22.8 Å². The van der Waals surface area contributed by atoms with Gasteiger partial charge in [-0.15, -0.1) is 0 Å². The Morgan fingerprint density at radius 2 is 2.16 bits per heavy atom. The first-order chi connectivity index (χ1) is 8.99. The highest BCUT2D eigenvalue weighted by atomic mass is 16.5. The molecule has 0 aromatic heterocycles. The molecule has 1 aliphatic heterocycles. The summed E-state index contributed by atoms with van der Waals surface area (Å²) >= 11 is 0. The van der Waals surface area contributed by atoms with Crippen LogP contribution >= 0.6 is 0 Å². The summed E-state index contributed by atoms with van der Waals surface area (Å²) in [4.78, 5) is 21.6. The third kappa shape index (κ3) is 2.65. The molecule has 19 heavy (non-hydrogen) atoms. The Kier molecular flexibility index (Phi) is 3.37. The van der Waals surface area contributed by atoms with E-state index in [2.05, 4.69) is 0 Å². The van der Waals surface area contributed by atoms with Crippen LogP contribution in [0.25, 0.3) is 17.2 Å². The first kappa shape index (κ1) is 12.9. The van der Waals surface area contributed by atoms with Gasteiger partial charge in [0.25, 0.3) is 0 Å². The average Bonchev–Trinajstić information content (AvgIpc) is 2.63. The predicted octanol–water partition coefficient (Wildman–Crippen LogP) is 2.72. The van der Waals surface area contributed by atoms with Crippen molar-refractivity contribution in [3.8, 4) is 16.9 Å². The second-order valence-corrected chi connectivity index (χ2v) is 4.01. The molecular formula is C14H12O5. The Bertz CT molecular complexity index is 636. The fourth-order valence-electron chi connectivity index (χ4n) is 1.89. The van der Waals surface area contributed by atoms with E-state index in [1.54, 1.807) is 19.1 Å². The summed E-state index contributed by atoms with van der Waals surface area (Å²) in [6.07, 6.45) is 3.83. The molecule has 5 nitrogen and oxygen atoms in total. The van der Waals surface area contributed by atoms with Crippen molar-refractivity contribution in [2.75, 3.05) is 0 Å². The Balaban J connectivity index is 2.53. The number of esters is 1. The second kappa shape index (κ2) is 4.97. The van der Waals surface area contributed by atoms with E-state index in [1.807, 2.05) is 0 Å². The Morgan fingerprint density at radius 3 is 2.79 bits per heavy atom. The molecule has 0 fully saturated rings. The van der Waals surface area contributed by atoms with Crippen LogP contribution in [0.1, 0.15) is 18.2 Å². The summed E-state index contributed by atoms with van der Waals surface area (Å²) in [6, 6.07) is 3.45. The number of rotatable bonds is 3. The first-order valence-electron chi connectivity index (χ1n) is 5.59. The normalized spacial score (nSPS) is 11.1. The molecule has 98 valence electrons. The van der Waals surface area contributed by atoms with Gasteiger partial charge in [0.1, 0.15) is 11.5 Å². The molecule has 2 aliphatic rings. The van der Waals surface area contributed by atoms with Gasteiger partial charge >= 0.3 is 11.9 Å². The summed E-state index contributed by atoms with van der Waals surface area (Å²) < 4.78 is 10.4. The average molecular weight is 260 g/mol. The highest BCUT2D eigenvalue weighted by Crippen LogP contribution is 2.39. The quantitative estimate of drug-likeness (QED) is 0.678.